The van der Waals surface area contributed by atoms with E-state index in [2.05, 4.69) is 5.32 Å². The van der Waals surface area contributed by atoms with Gasteiger partial charge in [0.2, 0.25) is 5.82 Å². The summed E-state index contributed by atoms with van der Waals surface area (Å²) in [7, 11) is 0. The van der Waals surface area contributed by atoms with Gasteiger partial charge in [-0.05, 0) is 24.8 Å². The zero-order valence-corrected chi connectivity index (χ0v) is 11.5. The van der Waals surface area contributed by atoms with Crippen LogP contribution in [0.4, 0.5) is 10.1 Å². The predicted molar refractivity (Wildman–Crippen MR) is 73.0 cm³/mol. The summed E-state index contributed by atoms with van der Waals surface area (Å²) in [6.45, 7) is 3.86. The largest absolute Gasteiger partial charge is 0.349 e. The van der Waals surface area contributed by atoms with Crippen LogP contribution in [0.15, 0.2) is 18.2 Å². The number of thioether (sulfide) groups is 1. The molecule has 1 aromatic carbocycles. The number of hydrogen-bond acceptors (Lipinski definition) is 4. The smallest absolute Gasteiger partial charge is 0.305 e. The summed E-state index contributed by atoms with van der Waals surface area (Å²) in [6.07, 6.45) is 0. The number of nitrogens with zero attached hydrogens (tertiary/aromatic N) is 1. The van der Waals surface area contributed by atoms with E-state index in [-0.39, 0.29) is 11.6 Å². The first-order chi connectivity index (χ1) is 8.95. The average molecular weight is 286 g/mol. The van der Waals surface area contributed by atoms with Crippen LogP contribution in [0.25, 0.3) is 0 Å². The number of benzene rings is 1. The minimum atomic E-state index is -0.948. The Morgan fingerprint density at radius 3 is 2.84 bits per heavy atom. The molecule has 0 aliphatic rings. The predicted octanol–water partition coefficient (Wildman–Crippen LogP) is 2.61. The fraction of sp³-hybridized carbons (Fsp3) is 0.417. The first kappa shape index (κ1) is 15.4. The van der Waals surface area contributed by atoms with Crippen LogP contribution in [0.3, 0.4) is 0 Å². The number of nitro groups is 1. The van der Waals surface area contributed by atoms with Gasteiger partial charge >= 0.3 is 5.69 Å². The Balaban J connectivity index is 2.77. The highest BCUT2D eigenvalue weighted by molar-refractivity contribution is 7.99. The van der Waals surface area contributed by atoms with E-state index in [0.29, 0.717) is 0 Å². The molecular weight excluding hydrogens is 271 g/mol. The van der Waals surface area contributed by atoms with Crippen molar-refractivity contribution in [3.63, 3.8) is 0 Å². The van der Waals surface area contributed by atoms with Gasteiger partial charge in [-0.15, -0.1) is 0 Å². The van der Waals surface area contributed by atoms with E-state index in [0.717, 1.165) is 23.6 Å². The Morgan fingerprint density at radius 1 is 1.58 bits per heavy atom. The Kier molecular flexibility index (Phi) is 5.75. The number of carbonyl (C=O) groups is 1. The van der Waals surface area contributed by atoms with Crippen molar-refractivity contribution in [1.29, 1.82) is 0 Å². The Labute approximate surface area is 114 Å². The quantitative estimate of drug-likeness (QED) is 0.644. The highest BCUT2D eigenvalue weighted by Crippen LogP contribution is 2.18. The normalized spacial score (nSPS) is 11.9. The van der Waals surface area contributed by atoms with Crippen LogP contribution in [-0.2, 0) is 0 Å². The van der Waals surface area contributed by atoms with Crippen molar-refractivity contribution in [2.45, 2.75) is 19.9 Å². The molecule has 1 aromatic rings. The summed E-state index contributed by atoms with van der Waals surface area (Å²) in [6, 6.07) is 3.06. The topological polar surface area (TPSA) is 72.2 Å². The molecule has 7 heteroatoms. The molecule has 0 saturated heterocycles. The van der Waals surface area contributed by atoms with Crippen LogP contribution in [-0.4, -0.2) is 28.4 Å². The molecule has 0 spiro atoms. The molecule has 0 heterocycles. The van der Waals surface area contributed by atoms with E-state index in [4.69, 9.17) is 0 Å². The van der Waals surface area contributed by atoms with Crippen LogP contribution in [0.1, 0.15) is 24.2 Å². The van der Waals surface area contributed by atoms with Crippen molar-refractivity contribution in [3.05, 3.63) is 39.7 Å². The molecule has 0 aliphatic heterocycles. The van der Waals surface area contributed by atoms with Crippen LogP contribution in [0.5, 0.6) is 0 Å². The molecule has 1 rings (SSSR count). The molecule has 0 bridgehead atoms. The minimum Gasteiger partial charge on any atom is -0.349 e. The molecule has 0 radical (unpaired) electrons. The Bertz CT molecular complexity index is 482. The number of rotatable bonds is 6. The van der Waals surface area contributed by atoms with Crippen LogP contribution >= 0.6 is 11.8 Å². The maximum atomic E-state index is 13.1. The molecule has 0 aromatic heterocycles. The van der Waals surface area contributed by atoms with Gasteiger partial charge in [0, 0.05) is 23.4 Å². The summed E-state index contributed by atoms with van der Waals surface area (Å²) in [5.74, 6) is 0.316. The SMILES string of the molecule is CCSCC(C)NC(=O)c1ccc(F)c([N+](=O)[O-])c1. The Morgan fingerprint density at radius 2 is 2.26 bits per heavy atom. The number of amides is 1. The van der Waals surface area contributed by atoms with Crippen LogP contribution < -0.4 is 5.32 Å². The molecule has 0 fully saturated rings. The third-order valence-corrected chi connectivity index (χ3v) is 3.50. The van der Waals surface area contributed by atoms with Crippen molar-refractivity contribution in [2.75, 3.05) is 11.5 Å². The first-order valence-corrected chi connectivity index (χ1v) is 6.93. The molecule has 1 amide bonds. The lowest BCUT2D eigenvalue weighted by molar-refractivity contribution is -0.387. The summed E-state index contributed by atoms with van der Waals surface area (Å²) in [5.41, 5.74) is -0.607. The van der Waals surface area contributed by atoms with E-state index in [1.807, 2.05) is 13.8 Å². The van der Waals surface area contributed by atoms with Gasteiger partial charge in [0.05, 0.1) is 4.92 Å². The fourth-order valence-electron chi connectivity index (χ4n) is 1.44. The number of nitrogens with one attached hydrogen (secondary N) is 1. The minimum absolute atomic E-state index is 0.0541. The highest BCUT2D eigenvalue weighted by Gasteiger charge is 2.18. The Hall–Kier alpha value is -1.63. The van der Waals surface area contributed by atoms with Gasteiger partial charge in [-0.1, -0.05) is 6.92 Å². The van der Waals surface area contributed by atoms with Crippen LogP contribution in [0.2, 0.25) is 0 Å². The standard InChI is InChI=1S/C12H15FN2O3S/c1-3-19-7-8(2)14-12(16)9-4-5-10(13)11(6-9)15(17)18/h4-6,8H,3,7H2,1-2H3,(H,14,16). The summed E-state index contributed by atoms with van der Waals surface area (Å²) >= 11 is 1.68. The summed E-state index contributed by atoms with van der Waals surface area (Å²) < 4.78 is 13.1. The van der Waals surface area contributed by atoms with E-state index in [1.165, 1.54) is 6.07 Å². The van der Waals surface area contributed by atoms with E-state index in [9.17, 15) is 19.3 Å². The zero-order valence-electron chi connectivity index (χ0n) is 10.7. The van der Waals surface area contributed by atoms with Crippen molar-refractivity contribution in [3.8, 4) is 0 Å². The third kappa shape index (κ3) is 4.51. The second-order valence-corrected chi connectivity index (χ2v) is 5.28. The van der Waals surface area contributed by atoms with Gasteiger partial charge in [0.1, 0.15) is 0 Å². The molecule has 1 unspecified atom stereocenters. The van der Waals surface area contributed by atoms with Gasteiger partial charge in [0.15, 0.2) is 0 Å². The lowest BCUT2D eigenvalue weighted by Gasteiger charge is -2.13. The summed E-state index contributed by atoms with van der Waals surface area (Å²) in [5, 5.41) is 13.3. The maximum Gasteiger partial charge on any atom is 0.305 e. The number of halogens is 1. The third-order valence-electron chi connectivity index (χ3n) is 2.35. The van der Waals surface area contributed by atoms with Crippen molar-refractivity contribution >= 4 is 23.4 Å². The van der Waals surface area contributed by atoms with E-state index in [1.54, 1.807) is 11.8 Å². The van der Waals surface area contributed by atoms with Gasteiger partial charge in [-0.3, -0.25) is 14.9 Å². The highest BCUT2D eigenvalue weighted by atomic mass is 32.2. The fourth-order valence-corrected chi connectivity index (χ4v) is 2.11. The van der Waals surface area contributed by atoms with Gasteiger partial charge in [-0.25, -0.2) is 0 Å². The zero-order chi connectivity index (χ0) is 14.4. The van der Waals surface area contributed by atoms with E-state index < -0.39 is 22.3 Å². The van der Waals surface area contributed by atoms with Crippen LogP contribution in [0, 0.1) is 15.9 Å². The van der Waals surface area contributed by atoms with Crippen molar-refractivity contribution < 1.29 is 14.1 Å². The molecule has 1 N–H and O–H groups in total. The number of hydrogen-bond donors (Lipinski definition) is 1. The molecule has 1 atom stereocenters. The summed E-state index contributed by atoms with van der Waals surface area (Å²) in [4.78, 5) is 21.6. The van der Waals surface area contributed by atoms with Crippen molar-refractivity contribution in [1.82, 2.24) is 5.32 Å². The molecular formula is C12H15FN2O3S. The second-order valence-electron chi connectivity index (χ2n) is 3.96. The monoisotopic (exact) mass is 286 g/mol. The maximum absolute atomic E-state index is 13.1. The van der Waals surface area contributed by atoms with E-state index >= 15 is 0 Å². The van der Waals surface area contributed by atoms with Crippen molar-refractivity contribution in [2.24, 2.45) is 0 Å². The number of nitro benzene ring substituents is 1. The average Bonchev–Trinajstić information content (AvgIpc) is 2.36. The van der Waals surface area contributed by atoms with Gasteiger partial charge in [-0.2, -0.15) is 16.2 Å². The lowest BCUT2D eigenvalue weighted by atomic mass is 10.1. The van der Waals surface area contributed by atoms with Gasteiger partial charge in [0.25, 0.3) is 5.91 Å². The number of carbonyl (C=O) groups excluding carboxylic acids is 1. The molecule has 19 heavy (non-hydrogen) atoms. The molecule has 5 nitrogen and oxygen atoms in total. The molecule has 0 aliphatic carbocycles. The first-order valence-electron chi connectivity index (χ1n) is 5.78. The molecule has 0 saturated carbocycles. The molecule has 104 valence electrons. The second kappa shape index (κ2) is 7.08. The van der Waals surface area contributed by atoms with Gasteiger partial charge < -0.3 is 5.32 Å². The lowest BCUT2D eigenvalue weighted by Crippen LogP contribution is -2.34.